The number of rotatable bonds is 3. The van der Waals surface area contributed by atoms with Gasteiger partial charge >= 0.3 is 6.18 Å². The van der Waals surface area contributed by atoms with Crippen LogP contribution in [0.5, 0.6) is 0 Å². The van der Waals surface area contributed by atoms with E-state index in [0.29, 0.717) is 26.2 Å². The summed E-state index contributed by atoms with van der Waals surface area (Å²) in [4.78, 5) is 15.8. The van der Waals surface area contributed by atoms with Crippen LogP contribution in [0.4, 0.5) is 17.6 Å². The fourth-order valence-electron chi connectivity index (χ4n) is 3.09. The topological polar surface area (TPSA) is 23.6 Å². The van der Waals surface area contributed by atoms with Gasteiger partial charge in [0.25, 0.3) is 5.91 Å². The van der Waals surface area contributed by atoms with Crippen LogP contribution in [0.25, 0.3) is 0 Å². The number of alkyl halides is 3. The molecule has 0 unspecified atom stereocenters. The second kappa shape index (κ2) is 7.45. The molecule has 138 valence electrons. The largest absolute Gasteiger partial charge is 0.416 e. The van der Waals surface area contributed by atoms with Gasteiger partial charge < -0.3 is 4.90 Å². The second-order valence-corrected chi connectivity index (χ2v) is 6.20. The summed E-state index contributed by atoms with van der Waals surface area (Å²) in [6.45, 7) is 1.74. The zero-order valence-corrected chi connectivity index (χ0v) is 14.0. The minimum atomic E-state index is -4.39. The summed E-state index contributed by atoms with van der Waals surface area (Å²) in [5.74, 6) is -0.961. The van der Waals surface area contributed by atoms with E-state index in [2.05, 4.69) is 0 Å². The molecule has 0 aliphatic carbocycles. The van der Waals surface area contributed by atoms with Crippen molar-refractivity contribution in [2.24, 2.45) is 0 Å². The van der Waals surface area contributed by atoms with Gasteiger partial charge in [0.2, 0.25) is 0 Å². The van der Waals surface area contributed by atoms with Gasteiger partial charge in [-0.2, -0.15) is 13.2 Å². The summed E-state index contributed by atoms with van der Waals surface area (Å²) in [6.07, 6.45) is -4.39. The van der Waals surface area contributed by atoms with Gasteiger partial charge in [-0.3, -0.25) is 9.69 Å². The third-order valence-corrected chi connectivity index (χ3v) is 4.48. The fourth-order valence-corrected chi connectivity index (χ4v) is 3.09. The van der Waals surface area contributed by atoms with Crippen molar-refractivity contribution in [1.29, 1.82) is 0 Å². The normalized spacial score (nSPS) is 15.9. The van der Waals surface area contributed by atoms with Crippen molar-refractivity contribution in [1.82, 2.24) is 9.80 Å². The number of hydrogen-bond acceptors (Lipinski definition) is 2. The van der Waals surface area contributed by atoms with Crippen LogP contribution in [0.3, 0.4) is 0 Å². The van der Waals surface area contributed by atoms with E-state index >= 15 is 0 Å². The van der Waals surface area contributed by atoms with Crippen molar-refractivity contribution < 1.29 is 22.4 Å². The van der Waals surface area contributed by atoms with Crippen molar-refractivity contribution >= 4 is 5.91 Å². The smallest absolute Gasteiger partial charge is 0.336 e. The molecule has 1 saturated heterocycles. The van der Waals surface area contributed by atoms with E-state index in [1.165, 1.54) is 35.2 Å². The van der Waals surface area contributed by atoms with E-state index in [1.54, 1.807) is 12.1 Å². The first kappa shape index (κ1) is 18.4. The first-order chi connectivity index (χ1) is 12.4. The Bertz CT molecular complexity index is 783. The molecule has 1 amide bonds. The number of carbonyl (C=O) groups excluding carboxylic acids is 1. The fraction of sp³-hybridized carbons (Fsp3) is 0.316. The van der Waals surface area contributed by atoms with Crippen molar-refractivity contribution in [2.45, 2.75) is 12.7 Å². The number of nitrogens with zero attached hydrogens (tertiary/aromatic N) is 2. The van der Waals surface area contributed by atoms with Crippen molar-refractivity contribution in [3.63, 3.8) is 0 Å². The lowest BCUT2D eigenvalue weighted by molar-refractivity contribution is -0.138. The Labute approximate surface area is 148 Å². The molecule has 1 heterocycles. The molecule has 0 atom stereocenters. The van der Waals surface area contributed by atoms with Gasteiger partial charge in [-0.25, -0.2) is 4.39 Å². The molecule has 1 aliphatic heterocycles. The molecule has 3 nitrogen and oxygen atoms in total. The Morgan fingerprint density at radius 1 is 0.923 bits per heavy atom. The zero-order chi connectivity index (χ0) is 18.7. The molecule has 1 aliphatic rings. The van der Waals surface area contributed by atoms with Gasteiger partial charge in [0, 0.05) is 32.7 Å². The van der Waals surface area contributed by atoms with Crippen LogP contribution in [-0.2, 0) is 12.7 Å². The van der Waals surface area contributed by atoms with Crippen LogP contribution < -0.4 is 0 Å². The van der Waals surface area contributed by atoms with Gasteiger partial charge in [0.15, 0.2) is 0 Å². The van der Waals surface area contributed by atoms with Crippen LogP contribution in [0, 0.1) is 5.82 Å². The van der Waals surface area contributed by atoms with Crippen LogP contribution in [0.1, 0.15) is 21.5 Å². The standard InChI is InChI=1S/C19H18F4N2O/c20-17-8-4-2-6-15(17)18(26)25-11-9-24(10-12-25)13-14-5-1-3-7-16(14)19(21,22)23/h1-8H,9-13H2. The van der Waals surface area contributed by atoms with Gasteiger partial charge in [-0.05, 0) is 23.8 Å². The third kappa shape index (κ3) is 4.04. The lowest BCUT2D eigenvalue weighted by atomic mass is 10.1. The summed E-state index contributed by atoms with van der Waals surface area (Å²) in [7, 11) is 0. The molecule has 0 N–H and O–H groups in total. The predicted molar refractivity (Wildman–Crippen MR) is 89.0 cm³/mol. The number of carbonyl (C=O) groups is 1. The average molecular weight is 366 g/mol. The predicted octanol–water partition coefficient (Wildman–Crippen LogP) is 3.80. The van der Waals surface area contributed by atoms with Crippen molar-refractivity contribution in [3.8, 4) is 0 Å². The first-order valence-electron chi connectivity index (χ1n) is 8.27. The Morgan fingerprint density at radius 2 is 1.54 bits per heavy atom. The highest BCUT2D eigenvalue weighted by molar-refractivity contribution is 5.94. The molecule has 26 heavy (non-hydrogen) atoms. The van der Waals surface area contributed by atoms with Gasteiger partial charge in [-0.15, -0.1) is 0 Å². The average Bonchev–Trinajstić information content (AvgIpc) is 2.62. The maximum absolute atomic E-state index is 13.8. The summed E-state index contributed by atoms with van der Waals surface area (Å²) >= 11 is 0. The molecule has 1 fully saturated rings. The minimum absolute atomic E-state index is 0.0170. The first-order valence-corrected chi connectivity index (χ1v) is 8.27. The Hall–Kier alpha value is -2.41. The van der Waals surface area contributed by atoms with Gasteiger partial charge in [0.1, 0.15) is 5.82 Å². The second-order valence-electron chi connectivity index (χ2n) is 6.20. The lowest BCUT2D eigenvalue weighted by Gasteiger charge is -2.35. The van der Waals surface area contributed by atoms with Gasteiger partial charge in [-0.1, -0.05) is 30.3 Å². The number of hydrogen-bond donors (Lipinski definition) is 0. The number of halogens is 4. The number of amides is 1. The molecule has 2 aromatic carbocycles. The molecule has 0 spiro atoms. The highest BCUT2D eigenvalue weighted by Crippen LogP contribution is 2.32. The Balaban J connectivity index is 1.63. The maximum atomic E-state index is 13.8. The van der Waals surface area contributed by atoms with Crippen LogP contribution in [-0.4, -0.2) is 41.9 Å². The number of piperazine rings is 1. The van der Waals surface area contributed by atoms with E-state index in [1.807, 2.05) is 4.90 Å². The zero-order valence-electron chi connectivity index (χ0n) is 14.0. The Morgan fingerprint density at radius 3 is 2.19 bits per heavy atom. The highest BCUT2D eigenvalue weighted by Gasteiger charge is 2.33. The van der Waals surface area contributed by atoms with Crippen LogP contribution in [0.15, 0.2) is 48.5 Å². The SMILES string of the molecule is O=C(c1ccccc1F)N1CCN(Cc2ccccc2C(F)(F)F)CC1. The van der Waals surface area contributed by atoms with E-state index in [0.717, 1.165) is 6.07 Å². The minimum Gasteiger partial charge on any atom is -0.336 e. The summed E-state index contributed by atoms with van der Waals surface area (Å²) in [6, 6.07) is 11.3. The van der Waals surface area contributed by atoms with E-state index in [-0.39, 0.29) is 17.7 Å². The van der Waals surface area contributed by atoms with Crippen molar-refractivity contribution in [3.05, 3.63) is 71.0 Å². The van der Waals surface area contributed by atoms with Crippen LogP contribution in [0.2, 0.25) is 0 Å². The molecule has 0 saturated carbocycles. The number of benzene rings is 2. The van der Waals surface area contributed by atoms with Crippen LogP contribution >= 0.6 is 0 Å². The molecule has 3 rings (SSSR count). The molecule has 7 heteroatoms. The monoisotopic (exact) mass is 366 g/mol. The summed E-state index contributed by atoms with van der Waals surface area (Å²) in [5, 5.41) is 0. The lowest BCUT2D eigenvalue weighted by Crippen LogP contribution is -2.48. The molecule has 0 bridgehead atoms. The highest BCUT2D eigenvalue weighted by atomic mass is 19.4. The molecule has 0 radical (unpaired) electrons. The maximum Gasteiger partial charge on any atom is 0.416 e. The van der Waals surface area contributed by atoms with Crippen molar-refractivity contribution in [2.75, 3.05) is 26.2 Å². The third-order valence-electron chi connectivity index (χ3n) is 4.48. The van der Waals surface area contributed by atoms with E-state index in [4.69, 9.17) is 0 Å². The molecular formula is C19H18F4N2O. The van der Waals surface area contributed by atoms with Gasteiger partial charge in [0.05, 0.1) is 11.1 Å². The summed E-state index contributed by atoms with van der Waals surface area (Å²) < 4.78 is 53.0. The molecule has 2 aromatic rings. The Kier molecular flexibility index (Phi) is 5.27. The van der Waals surface area contributed by atoms with E-state index in [9.17, 15) is 22.4 Å². The van der Waals surface area contributed by atoms with E-state index < -0.39 is 23.5 Å². The molecule has 0 aromatic heterocycles. The quantitative estimate of drug-likeness (QED) is 0.772. The summed E-state index contributed by atoms with van der Waals surface area (Å²) in [5.41, 5.74) is -0.401. The molecular weight excluding hydrogens is 348 g/mol.